The fraction of sp³-hybridized carbons (Fsp3) is 0.636. The molecule has 0 N–H and O–H groups in total. The number of carbonyl (C=O) groups excluding carboxylic acids is 1. The zero-order chi connectivity index (χ0) is 12.5. The first-order valence-electron chi connectivity index (χ1n) is 5.00. The summed E-state index contributed by atoms with van der Waals surface area (Å²) >= 11 is 11.2. The Hall–Kier alpha value is -0.540. The summed E-state index contributed by atoms with van der Waals surface area (Å²) in [5.74, 6) is -0.355. The Labute approximate surface area is 106 Å². The van der Waals surface area contributed by atoms with Gasteiger partial charge in [0, 0.05) is 0 Å². The second-order valence-corrected chi connectivity index (χ2v) is 5.79. The van der Waals surface area contributed by atoms with Crippen LogP contribution in [0.25, 0.3) is 0 Å². The van der Waals surface area contributed by atoms with Crippen LogP contribution in [0.5, 0.6) is 0 Å². The molecule has 0 radical (unpaired) electrons. The van der Waals surface area contributed by atoms with Gasteiger partial charge in [0.25, 0.3) is 0 Å². The summed E-state index contributed by atoms with van der Waals surface area (Å²) < 4.78 is 6.89. The number of halogens is 2. The van der Waals surface area contributed by atoms with Gasteiger partial charge in [-0.3, -0.25) is 4.79 Å². The molecule has 2 atom stereocenters. The number of allylic oxidation sites excluding steroid dienone is 1. The number of hydrogen-bond acceptors (Lipinski definition) is 2. The highest BCUT2D eigenvalue weighted by molar-refractivity contribution is 6.55. The maximum absolute atomic E-state index is 11.7. The first-order valence-corrected chi connectivity index (χ1v) is 5.75. The molecule has 0 aliphatic heterocycles. The molecule has 1 aliphatic rings. The highest BCUT2D eigenvalue weighted by Gasteiger charge is 2.61. The van der Waals surface area contributed by atoms with Crippen LogP contribution >= 0.6 is 23.2 Å². The second kappa shape index (κ2) is 4.76. The lowest BCUT2D eigenvalue weighted by molar-refractivity contribution is -0.467. The zero-order valence-corrected chi connectivity index (χ0v) is 11.3. The SMILES string of the molecule is C[N+](C)=COC(=O)C1C(C=C(Cl)Cl)C1(C)C. The van der Waals surface area contributed by atoms with Gasteiger partial charge in [-0.1, -0.05) is 37.0 Å². The van der Waals surface area contributed by atoms with Gasteiger partial charge in [-0.05, 0) is 17.4 Å². The van der Waals surface area contributed by atoms with Crippen LogP contribution in [0, 0.1) is 17.3 Å². The fourth-order valence-electron chi connectivity index (χ4n) is 1.81. The van der Waals surface area contributed by atoms with E-state index in [9.17, 15) is 4.79 Å². The van der Waals surface area contributed by atoms with Crippen molar-refractivity contribution >= 4 is 35.6 Å². The van der Waals surface area contributed by atoms with Crippen LogP contribution in [0.2, 0.25) is 0 Å². The summed E-state index contributed by atoms with van der Waals surface area (Å²) in [7, 11) is 3.58. The van der Waals surface area contributed by atoms with Gasteiger partial charge in [0.05, 0.1) is 5.92 Å². The molecule has 1 rings (SSSR count). The lowest BCUT2D eigenvalue weighted by Gasteiger charge is -1.98. The molecule has 90 valence electrons. The average molecular weight is 265 g/mol. The summed E-state index contributed by atoms with van der Waals surface area (Å²) in [6.45, 7) is 3.99. The third-order valence-electron chi connectivity index (χ3n) is 2.85. The predicted octanol–water partition coefficient (Wildman–Crippen LogP) is 2.42. The summed E-state index contributed by atoms with van der Waals surface area (Å²) in [5.41, 5.74) is -0.133. The normalized spacial score (nSPS) is 25.6. The third-order valence-corrected chi connectivity index (χ3v) is 3.10. The van der Waals surface area contributed by atoms with Crippen LogP contribution in [0.3, 0.4) is 0 Å². The van der Waals surface area contributed by atoms with Gasteiger partial charge in [-0.25, -0.2) is 4.58 Å². The molecule has 1 fully saturated rings. The summed E-state index contributed by atoms with van der Waals surface area (Å²) in [6, 6.07) is 0. The molecule has 0 bridgehead atoms. The standard InChI is InChI=1S/C11H16Cl2NO2/c1-11(2)7(5-8(12)13)9(11)10(15)16-6-14(3)4/h5-7,9H,1-4H3/q+1. The predicted molar refractivity (Wildman–Crippen MR) is 64.8 cm³/mol. The van der Waals surface area contributed by atoms with Crippen LogP contribution in [0.1, 0.15) is 13.8 Å². The van der Waals surface area contributed by atoms with E-state index in [1.54, 1.807) is 24.7 Å². The Morgan fingerprint density at radius 1 is 1.38 bits per heavy atom. The van der Waals surface area contributed by atoms with E-state index in [1.807, 2.05) is 13.8 Å². The van der Waals surface area contributed by atoms with Gasteiger partial charge in [0.2, 0.25) is 0 Å². The number of esters is 1. The van der Waals surface area contributed by atoms with E-state index in [2.05, 4.69) is 0 Å². The second-order valence-electron chi connectivity index (χ2n) is 4.79. The minimum Gasteiger partial charge on any atom is -0.377 e. The van der Waals surface area contributed by atoms with E-state index < -0.39 is 0 Å². The Bertz CT molecular complexity index is 353. The van der Waals surface area contributed by atoms with Crippen LogP contribution in [0.4, 0.5) is 0 Å². The molecule has 1 saturated carbocycles. The highest BCUT2D eigenvalue weighted by atomic mass is 35.5. The van der Waals surface area contributed by atoms with E-state index >= 15 is 0 Å². The minimum absolute atomic E-state index is 0.0561. The van der Waals surface area contributed by atoms with E-state index in [0.29, 0.717) is 0 Å². The van der Waals surface area contributed by atoms with Crippen molar-refractivity contribution in [3.63, 3.8) is 0 Å². The van der Waals surface area contributed by atoms with Gasteiger partial charge >= 0.3 is 12.4 Å². The Kier molecular flexibility index (Phi) is 4.02. The minimum atomic E-state index is -0.241. The van der Waals surface area contributed by atoms with Gasteiger partial charge < -0.3 is 4.74 Å². The van der Waals surface area contributed by atoms with Crippen LogP contribution in [-0.2, 0) is 9.53 Å². The van der Waals surface area contributed by atoms with E-state index in [0.717, 1.165) is 0 Å². The third kappa shape index (κ3) is 2.98. The monoisotopic (exact) mass is 264 g/mol. The lowest BCUT2D eigenvalue weighted by atomic mass is 10.1. The van der Waals surface area contributed by atoms with E-state index in [1.165, 1.54) is 6.40 Å². The smallest absolute Gasteiger partial charge is 0.331 e. The van der Waals surface area contributed by atoms with Crippen molar-refractivity contribution in [3.05, 3.63) is 10.6 Å². The summed E-state index contributed by atoms with van der Waals surface area (Å²) in [5, 5.41) is 0. The quantitative estimate of drug-likeness (QED) is 0.339. The molecule has 1 aliphatic carbocycles. The molecule has 0 aromatic carbocycles. The maximum Gasteiger partial charge on any atom is 0.331 e. The van der Waals surface area contributed by atoms with Gasteiger partial charge in [0.1, 0.15) is 18.6 Å². The van der Waals surface area contributed by atoms with Gasteiger partial charge in [-0.2, -0.15) is 0 Å². The van der Waals surface area contributed by atoms with Crippen LogP contribution in [0.15, 0.2) is 10.6 Å². The van der Waals surface area contributed by atoms with E-state index in [4.69, 9.17) is 27.9 Å². The molecule has 0 heterocycles. The first-order chi connectivity index (χ1) is 7.26. The number of nitrogens with zero attached hydrogens (tertiary/aromatic N) is 1. The van der Waals surface area contributed by atoms with Gasteiger partial charge in [0.15, 0.2) is 0 Å². The van der Waals surface area contributed by atoms with Crippen LogP contribution < -0.4 is 0 Å². The molecule has 16 heavy (non-hydrogen) atoms. The van der Waals surface area contributed by atoms with Crippen molar-refractivity contribution < 1.29 is 14.1 Å². The van der Waals surface area contributed by atoms with Crippen molar-refractivity contribution in [1.82, 2.24) is 0 Å². The molecular weight excluding hydrogens is 249 g/mol. The molecule has 5 heteroatoms. The van der Waals surface area contributed by atoms with Crippen molar-refractivity contribution in [2.45, 2.75) is 13.8 Å². The molecule has 0 aromatic rings. The van der Waals surface area contributed by atoms with Crippen LogP contribution in [-0.4, -0.2) is 31.0 Å². The molecule has 0 amide bonds. The summed E-state index contributed by atoms with van der Waals surface area (Å²) in [6.07, 6.45) is 3.09. The van der Waals surface area contributed by atoms with E-state index in [-0.39, 0.29) is 27.7 Å². The maximum atomic E-state index is 11.7. The molecular formula is C11H16Cl2NO2+. The Morgan fingerprint density at radius 2 is 1.94 bits per heavy atom. The summed E-state index contributed by atoms with van der Waals surface area (Å²) in [4.78, 5) is 11.7. The van der Waals surface area contributed by atoms with Crippen molar-refractivity contribution in [3.8, 4) is 0 Å². The number of ether oxygens (including phenoxy) is 1. The molecule has 3 nitrogen and oxygen atoms in total. The molecule has 0 aromatic heterocycles. The van der Waals surface area contributed by atoms with Crippen molar-refractivity contribution in [1.29, 1.82) is 0 Å². The zero-order valence-electron chi connectivity index (χ0n) is 9.83. The number of hydrogen-bond donors (Lipinski definition) is 0. The average Bonchev–Trinajstić information content (AvgIpc) is 2.63. The van der Waals surface area contributed by atoms with Crippen molar-refractivity contribution in [2.24, 2.45) is 17.3 Å². The molecule has 0 saturated heterocycles. The molecule has 2 unspecified atom stereocenters. The Morgan fingerprint density at radius 3 is 2.38 bits per heavy atom. The lowest BCUT2D eigenvalue weighted by Crippen LogP contribution is -2.13. The number of rotatable bonds is 3. The Balaban J connectivity index is 2.66. The highest BCUT2D eigenvalue weighted by Crippen LogP contribution is 2.60. The van der Waals surface area contributed by atoms with Crippen molar-refractivity contribution in [2.75, 3.05) is 14.1 Å². The number of carbonyl (C=O) groups is 1. The first kappa shape index (κ1) is 13.5. The van der Waals surface area contributed by atoms with Gasteiger partial charge in [-0.15, -0.1) is 0 Å². The fourth-order valence-corrected chi connectivity index (χ4v) is 2.08. The molecule has 0 spiro atoms. The largest absolute Gasteiger partial charge is 0.377 e. The topological polar surface area (TPSA) is 29.3 Å².